The molecule has 0 bridgehead atoms. The number of fused-ring (bicyclic) bond motifs is 1. The molecule has 1 atom stereocenters. The van der Waals surface area contributed by atoms with E-state index in [4.69, 9.17) is 0 Å². The third-order valence-electron chi connectivity index (χ3n) is 2.89. The molecule has 0 radical (unpaired) electrons. The first kappa shape index (κ1) is 10.4. The summed E-state index contributed by atoms with van der Waals surface area (Å²) in [4.78, 5) is 0.921. The number of nitrogens with one attached hydrogen (secondary N) is 1. The van der Waals surface area contributed by atoms with E-state index < -0.39 is 5.60 Å². The van der Waals surface area contributed by atoms with Crippen molar-refractivity contribution in [3.8, 4) is 0 Å². The van der Waals surface area contributed by atoms with Crippen LogP contribution in [-0.4, -0.2) is 20.5 Å². The SMILES string of the molecule is CC(O)(c1ccc2nn[nH]c2c1)c1cccs1. The summed E-state index contributed by atoms with van der Waals surface area (Å²) in [6.07, 6.45) is 0. The van der Waals surface area contributed by atoms with Gasteiger partial charge in [-0.1, -0.05) is 17.3 Å². The van der Waals surface area contributed by atoms with Crippen molar-refractivity contribution in [2.45, 2.75) is 12.5 Å². The molecule has 86 valence electrons. The van der Waals surface area contributed by atoms with Gasteiger partial charge in [0, 0.05) is 4.88 Å². The van der Waals surface area contributed by atoms with Crippen molar-refractivity contribution in [1.82, 2.24) is 15.4 Å². The highest BCUT2D eigenvalue weighted by atomic mass is 32.1. The number of H-pyrrole nitrogens is 1. The number of benzene rings is 1. The maximum atomic E-state index is 10.6. The fourth-order valence-corrected chi connectivity index (χ4v) is 2.65. The van der Waals surface area contributed by atoms with E-state index in [1.807, 2.05) is 35.7 Å². The van der Waals surface area contributed by atoms with Crippen molar-refractivity contribution in [3.05, 3.63) is 46.2 Å². The quantitative estimate of drug-likeness (QED) is 0.728. The van der Waals surface area contributed by atoms with Crippen molar-refractivity contribution in [3.63, 3.8) is 0 Å². The number of thiophene rings is 1. The second-order valence-corrected chi connectivity index (χ2v) is 5.04. The van der Waals surface area contributed by atoms with E-state index in [1.165, 1.54) is 0 Å². The molecule has 1 aromatic carbocycles. The molecule has 3 rings (SSSR count). The van der Waals surface area contributed by atoms with Gasteiger partial charge in [0.1, 0.15) is 11.1 Å². The first-order valence-corrected chi connectivity index (χ1v) is 6.13. The lowest BCUT2D eigenvalue weighted by Gasteiger charge is -2.22. The van der Waals surface area contributed by atoms with Gasteiger partial charge < -0.3 is 5.11 Å². The fourth-order valence-electron chi connectivity index (χ4n) is 1.85. The molecule has 0 saturated carbocycles. The molecule has 2 aromatic heterocycles. The normalized spacial score (nSPS) is 14.9. The zero-order valence-corrected chi connectivity index (χ0v) is 10.0. The van der Waals surface area contributed by atoms with E-state index >= 15 is 0 Å². The molecule has 0 saturated heterocycles. The standard InChI is InChI=1S/C12H11N3OS/c1-12(16,11-3-2-6-17-11)8-4-5-9-10(7-8)14-15-13-9/h2-7,16H,1H3,(H,13,14,15). The average molecular weight is 245 g/mol. The summed E-state index contributed by atoms with van der Waals surface area (Å²) in [6.45, 7) is 1.80. The Morgan fingerprint density at radius 2 is 2.24 bits per heavy atom. The first-order chi connectivity index (χ1) is 8.18. The number of hydrogen-bond acceptors (Lipinski definition) is 4. The molecular weight excluding hydrogens is 234 g/mol. The summed E-state index contributed by atoms with van der Waals surface area (Å²) in [5, 5.41) is 23.0. The number of aromatic nitrogens is 3. The highest BCUT2D eigenvalue weighted by Crippen LogP contribution is 2.33. The van der Waals surface area contributed by atoms with Crippen molar-refractivity contribution in [2.75, 3.05) is 0 Å². The smallest absolute Gasteiger partial charge is 0.121 e. The van der Waals surface area contributed by atoms with Crippen molar-refractivity contribution in [1.29, 1.82) is 0 Å². The Balaban J connectivity index is 2.14. The van der Waals surface area contributed by atoms with Crippen LogP contribution in [0.15, 0.2) is 35.7 Å². The van der Waals surface area contributed by atoms with Crippen LogP contribution in [0.5, 0.6) is 0 Å². The topological polar surface area (TPSA) is 61.8 Å². The predicted octanol–water partition coefficient (Wildman–Crippen LogP) is 2.28. The Hall–Kier alpha value is -1.72. The van der Waals surface area contributed by atoms with E-state index in [0.717, 1.165) is 21.5 Å². The summed E-state index contributed by atoms with van der Waals surface area (Å²) in [7, 11) is 0. The third kappa shape index (κ3) is 1.64. The lowest BCUT2D eigenvalue weighted by Crippen LogP contribution is -2.21. The van der Waals surface area contributed by atoms with Gasteiger partial charge in [0.2, 0.25) is 0 Å². The molecule has 0 spiro atoms. The van der Waals surface area contributed by atoms with E-state index in [-0.39, 0.29) is 0 Å². The average Bonchev–Trinajstić information content (AvgIpc) is 2.99. The second kappa shape index (κ2) is 3.65. The van der Waals surface area contributed by atoms with Gasteiger partial charge in [0.15, 0.2) is 0 Å². The molecule has 5 heteroatoms. The number of nitrogens with zero attached hydrogens (tertiary/aromatic N) is 2. The molecule has 0 aliphatic carbocycles. The van der Waals surface area contributed by atoms with Crippen molar-refractivity contribution >= 4 is 22.4 Å². The number of aromatic amines is 1. The van der Waals surface area contributed by atoms with Crippen molar-refractivity contribution in [2.24, 2.45) is 0 Å². The van der Waals surface area contributed by atoms with Crippen LogP contribution in [0, 0.1) is 0 Å². The molecule has 0 amide bonds. The molecule has 4 nitrogen and oxygen atoms in total. The van der Waals surface area contributed by atoms with Crippen LogP contribution in [0.2, 0.25) is 0 Å². The van der Waals surface area contributed by atoms with Gasteiger partial charge >= 0.3 is 0 Å². The molecule has 0 fully saturated rings. The van der Waals surface area contributed by atoms with Gasteiger partial charge in [-0.2, -0.15) is 0 Å². The highest BCUT2D eigenvalue weighted by molar-refractivity contribution is 7.10. The Morgan fingerprint density at radius 3 is 3.00 bits per heavy atom. The minimum atomic E-state index is -0.979. The van der Waals surface area contributed by atoms with E-state index in [1.54, 1.807) is 18.3 Å². The zero-order chi connectivity index (χ0) is 11.9. The second-order valence-electron chi connectivity index (χ2n) is 4.09. The first-order valence-electron chi connectivity index (χ1n) is 5.25. The number of hydrogen-bond donors (Lipinski definition) is 2. The lowest BCUT2D eigenvalue weighted by molar-refractivity contribution is 0.106. The minimum Gasteiger partial charge on any atom is -0.380 e. The van der Waals surface area contributed by atoms with Gasteiger partial charge in [0.05, 0.1) is 5.52 Å². The molecule has 3 aromatic rings. The number of aliphatic hydroxyl groups is 1. The van der Waals surface area contributed by atoms with Crippen molar-refractivity contribution < 1.29 is 5.11 Å². The third-order valence-corrected chi connectivity index (χ3v) is 3.97. The van der Waals surface area contributed by atoms with Crippen LogP contribution in [0.25, 0.3) is 11.0 Å². The maximum absolute atomic E-state index is 10.6. The van der Waals surface area contributed by atoms with Crippen LogP contribution in [0.4, 0.5) is 0 Å². The van der Waals surface area contributed by atoms with Crippen LogP contribution < -0.4 is 0 Å². The largest absolute Gasteiger partial charge is 0.380 e. The Bertz CT molecular complexity index is 643. The Morgan fingerprint density at radius 1 is 1.35 bits per heavy atom. The number of rotatable bonds is 2. The lowest BCUT2D eigenvalue weighted by atomic mass is 9.94. The Kier molecular flexibility index (Phi) is 2.24. The summed E-state index contributed by atoms with van der Waals surface area (Å²) in [5.74, 6) is 0. The van der Waals surface area contributed by atoms with E-state index in [9.17, 15) is 5.11 Å². The van der Waals surface area contributed by atoms with Crippen LogP contribution in [-0.2, 0) is 5.60 Å². The molecule has 0 aliphatic rings. The molecule has 17 heavy (non-hydrogen) atoms. The minimum absolute atomic E-state index is 0.802. The fraction of sp³-hybridized carbons (Fsp3) is 0.167. The van der Waals surface area contributed by atoms with Gasteiger partial charge in [-0.05, 0) is 36.1 Å². The maximum Gasteiger partial charge on any atom is 0.121 e. The van der Waals surface area contributed by atoms with Gasteiger partial charge in [-0.25, -0.2) is 0 Å². The molecule has 1 unspecified atom stereocenters. The summed E-state index contributed by atoms with van der Waals surface area (Å²) >= 11 is 1.54. The molecule has 2 N–H and O–H groups in total. The van der Waals surface area contributed by atoms with Crippen LogP contribution in [0.3, 0.4) is 0 Å². The zero-order valence-electron chi connectivity index (χ0n) is 9.21. The molecule has 0 aliphatic heterocycles. The van der Waals surface area contributed by atoms with E-state index in [0.29, 0.717) is 0 Å². The molecule has 2 heterocycles. The predicted molar refractivity (Wildman–Crippen MR) is 66.9 cm³/mol. The summed E-state index contributed by atoms with van der Waals surface area (Å²) in [6, 6.07) is 9.49. The molecular formula is C12H11N3OS. The highest BCUT2D eigenvalue weighted by Gasteiger charge is 2.27. The van der Waals surface area contributed by atoms with Gasteiger partial charge in [-0.15, -0.1) is 16.4 Å². The Labute approximate surface area is 102 Å². The van der Waals surface area contributed by atoms with Crippen LogP contribution >= 0.6 is 11.3 Å². The van der Waals surface area contributed by atoms with E-state index in [2.05, 4.69) is 15.4 Å². The summed E-state index contributed by atoms with van der Waals surface area (Å²) in [5.41, 5.74) is 1.49. The summed E-state index contributed by atoms with van der Waals surface area (Å²) < 4.78 is 0. The monoisotopic (exact) mass is 245 g/mol. The van der Waals surface area contributed by atoms with Gasteiger partial charge in [-0.3, -0.25) is 5.10 Å². The van der Waals surface area contributed by atoms with Crippen LogP contribution in [0.1, 0.15) is 17.4 Å². The van der Waals surface area contributed by atoms with Gasteiger partial charge in [0.25, 0.3) is 0 Å².